The van der Waals surface area contributed by atoms with E-state index in [1.807, 2.05) is 30.3 Å². The fourth-order valence-corrected chi connectivity index (χ4v) is 3.09. The molecule has 0 heterocycles. The number of benzene rings is 2. The van der Waals surface area contributed by atoms with Crippen molar-refractivity contribution in [3.05, 3.63) is 65.7 Å². The van der Waals surface area contributed by atoms with Crippen LogP contribution in [-0.4, -0.2) is 45.1 Å². The molecule has 5 nitrogen and oxygen atoms in total. The van der Waals surface area contributed by atoms with Gasteiger partial charge in [0, 0.05) is 31.5 Å². The minimum atomic E-state index is -3.35. The monoisotopic (exact) mass is 346 g/mol. The van der Waals surface area contributed by atoms with E-state index in [1.165, 1.54) is 12.1 Å². The molecule has 2 N–H and O–H groups in total. The summed E-state index contributed by atoms with van der Waals surface area (Å²) in [5, 5.41) is 0. The first-order valence-corrected chi connectivity index (χ1v) is 9.64. The number of carbonyl (C=O) groups is 1. The Bertz CT molecular complexity index is 789. The van der Waals surface area contributed by atoms with Crippen molar-refractivity contribution in [2.75, 3.05) is 25.9 Å². The van der Waals surface area contributed by atoms with Gasteiger partial charge in [-0.2, -0.15) is 0 Å². The van der Waals surface area contributed by atoms with E-state index in [-0.39, 0.29) is 10.8 Å². The number of hydrogen-bond acceptors (Lipinski definition) is 4. The highest BCUT2D eigenvalue weighted by Crippen LogP contribution is 2.14. The molecule has 2 aromatic rings. The second-order valence-electron chi connectivity index (χ2n) is 5.62. The molecule has 0 spiro atoms. The van der Waals surface area contributed by atoms with Gasteiger partial charge in [0.15, 0.2) is 9.84 Å². The molecule has 24 heavy (non-hydrogen) atoms. The third-order valence-electron chi connectivity index (χ3n) is 3.71. The molecule has 128 valence electrons. The van der Waals surface area contributed by atoms with Crippen LogP contribution in [0.25, 0.3) is 0 Å². The van der Waals surface area contributed by atoms with Crippen LogP contribution in [0.15, 0.2) is 59.5 Å². The van der Waals surface area contributed by atoms with Crippen LogP contribution in [0, 0.1) is 0 Å². The lowest BCUT2D eigenvalue weighted by molar-refractivity contribution is 0.0762. The van der Waals surface area contributed by atoms with Gasteiger partial charge in [0.25, 0.3) is 5.91 Å². The van der Waals surface area contributed by atoms with Crippen LogP contribution in [0.2, 0.25) is 0 Å². The molecule has 0 saturated heterocycles. The predicted octanol–water partition coefficient (Wildman–Crippen LogP) is 1.73. The number of hydrogen-bond donors (Lipinski definition) is 1. The Kier molecular flexibility index (Phi) is 6.11. The Morgan fingerprint density at radius 3 is 2.38 bits per heavy atom. The molecule has 0 saturated carbocycles. The van der Waals surface area contributed by atoms with E-state index in [2.05, 4.69) is 0 Å². The van der Waals surface area contributed by atoms with Gasteiger partial charge in [-0.3, -0.25) is 4.79 Å². The first-order chi connectivity index (χ1) is 11.4. The maximum Gasteiger partial charge on any atom is 0.253 e. The molecule has 0 radical (unpaired) electrons. The number of sulfone groups is 1. The van der Waals surface area contributed by atoms with Crippen molar-refractivity contribution < 1.29 is 13.2 Å². The zero-order valence-corrected chi connectivity index (χ0v) is 14.5. The van der Waals surface area contributed by atoms with Crippen molar-refractivity contribution in [3.8, 4) is 0 Å². The second-order valence-corrected chi connectivity index (χ2v) is 7.63. The Morgan fingerprint density at radius 1 is 1.04 bits per heavy atom. The van der Waals surface area contributed by atoms with Crippen LogP contribution in [0.1, 0.15) is 15.9 Å². The molecule has 0 bridgehead atoms. The molecule has 0 atom stereocenters. The highest BCUT2D eigenvalue weighted by molar-refractivity contribution is 7.90. The summed E-state index contributed by atoms with van der Waals surface area (Å²) >= 11 is 0. The van der Waals surface area contributed by atoms with Gasteiger partial charge < -0.3 is 10.6 Å². The number of nitrogens with two attached hydrogens (primary N) is 1. The van der Waals surface area contributed by atoms with Crippen molar-refractivity contribution >= 4 is 15.7 Å². The van der Waals surface area contributed by atoms with Crippen LogP contribution in [0.3, 0.4) is 0 Å². The van der Waals surface area contributed by atoms with Gasteiger partial charge in [-0.15, -0.1) is 0 Å². The van der Waals surface area contributed by atoms with Crippen molar-refractivity contribution in [2.45, 2.75) is 11.3 Å². The second kappa shape index (κ2) is 8.08. The zero-order valence-electron chi connectivity index (χ0n) is 13.7. The molecular weight excluding hydrogens is 324 g/mol. The third-order valence-corrected chi connectivity index (χ3v) is 4.82. The normalized spacial score (nSPS) is 11.2. The highest BCUT2D eigenvalue weighted by Gasteiger charge is 2.17. The Morgan fingerprint density at radius 2 is 1.75 bits per heavy atom. The van der Waals surface area contributed by atoms with Crippen LogP contribution < -0.4 is 5.73 Å². The molecule has 0 aliphatic rings. The van der Waals surface area contributed by atoms with Gasteiger partial charge >= 0.3 is 0 Å². The summed E-state index contributed by atoms with van der Waals surface area (Å²) in [6.45, 7) is 1.31. The molecule has 0 unspecified atom stereocenters. The molecular formula is C18H22N2O3S. The van der Waals surface area contributed by atoms with E-state index < -0.39 is 9.84 Å². The number of amides is 1. The molecule has 1 amide bonds. The average Bonchev–Trinajstić information content (AvgIpc) is 2.58. The lowest BCUT2D eigenvalue weighted by Crippen LogP contribution is -2.37. The van der Waals surface area contributed by atoms with E-state index in [0.29, 0.717) is 25.2 Å². The maximum atomic E-state index is 12.7. The maximum absolute atomic E-state index is 12.7. The lowest BCUT2D eigenvalue weighted by Gasteiger charge is -2.22. The quantitative estimate of drug-likeness (QED) is 0.828. The van der Waals surface area contributed by atoms with E-state index in [0.717, 1.165) is 18.2 Å². The van der Waals surface area contributed by atoms with E-state index >= 15 is 0 Å². The fraction of sp³-hybridized carbons (Fsp3) is 0.278. The van der Waals surface area contributed by atoms with E-state index in [1.54, 1.807) is 17.0 Å². The lowest BCUT2D eigenvalue weighted by atomic mass is 10.1. The molecule has 2 aromatic carbocycles. The topological polar surface area (TPSA) is 80.5 Å². The van der Waals surface area contributed by atoms with Crippen molar-refractivity contribution in [2.24, 2.45) is 5.73 Å². The minimum Gasteiger partial charge on any atom is -0.337 e. The summed E-state index contributed by atoms with van der Waals surface area (Å²) in [4.78, 5) is 14.5. The fourth-order valence-electron chi connectivity index (χ4n) is 2.42. The summed E-state index contributed by atoms with van der Waals surface area (Å²) in [7, 11) is -3.35. The van der Waals surface area contributed by atoms with Gasteiger partial charge in [0.05, 0.1) is 4.90 Å². The van der Waals surface area contributed by atoms with Crippen LogP contribution in [-0.2, 0) is 16.3 Å². The van der Waals surface area contributed by atoms with Gasteiger partial charge in [-0.05, 0) is 30.2 Å². The Hall–Kier alpha value is -2.18. The largest absolute Gasteiger partial charge is 0.337 e. The summed E-state index contributed by atoms with van der Waals surface area (Å²) in [6.07, 6.45) is 1.85. The Balaban J connectivity index is 2.16. The van der Waals surface area contributed by atoms with Gasteiger partial charge in [0.1, 0.15) is 0 Å². The van der Waals surface area contributed by atoms with Crippen molar-refractivity contribution in [1.82, 2.24) is 4.90 Å². The third kappa shape index (κ3) is 4.91. The first-order valence-electron chi connectivity index (χ1n) is 7.75. The summed E-state index contributed by atoms with van der Waals surface area (Å²) in [5.41, 5.74) is 7.12. The summed E-state index contributed by atoms with van der Waals surface area (Å²) in [5.74, 6) is -0.207. The van der Waals surface area contributed by atoms with Gasteiger partial charge in [0.2, 0.25) is 0 Å². The van der Waals surface area contributed by atoms with Crippen LogP contribution in [0.4, 0.5) is 0 Å². The Labute approximate surface area is 143 Å². The SMILES string of the molecule is CS(=O)(=O)c1cccc(C(=O)N(CCN)CCc2ccccc2)c1. The van der Waals surface area contributed by atoms with Crippen molar-refractivity contribution in [3.63, 3.8) is 0 Å². The molecule has 0 aromatic heterocycles. The molecule has 6 heteroatoms. The summed E-state index contributed by atoms with van der Waals surface area (Å²) in [6, 6.07) is 16.0. The average molecular weight is 346 g/mol. The van der Waals surface area contributed by atoms with Gasteiger partial charge in [-0.1, -0.05) is 36.4 Å². The summed E-state index contributed by atoms with van der Waals surface area (Å²) < 4.78 is 23.3. The molecule has 2 rings (SSSR count). The highest BCUT2D eigenvalue weighted by atomic mass is 32.2. The molecule has 0 fully saturated rings. The van der Waals surface area contributed by atoms with E-state index in [9.17, 15) is 13.2 Å². The first kappa shape index (κ1) is 18.2. The number of nitrogens with zero attached hydrogens (tertiary/aromatic N) is 1. The zero-order chi connectivity index (χ0) is 17.6. The van der Waals surface area contributed by atoms with Crippen LogP contribution >= 0.6 is 0 Å². The number of carbonyl (C=O) groups excluding carboxylic acids is 1. The number of rotatable bonds is 7. The molecule has 0 aliphatic carbocycles. The van der Waals surface area contributed by atoms with Crippen molar-refractivity contribution in [1.29, 1.82) is 0 Å². The van der Waals surface area contributed by atoms with E-state index in [4.69, 9.17) is 5.73 Å². The smallest absolute Gasteiger partial charge is 0.253 e. The predicted molar refractivity (Wildman–Crippen MR) is 94.7 cm³/mol. The minimum absolute atomic E-state index is 0.143. The standard InChI is InChI=1S/C18H22N2O3S/c1-24(22,23)17-9-5-8-16(14-17)18(21)20(13-11-19)12-10-15-6-3-2-4-7-15/h2-9,14H,10-13,19H2,1H3. The van der Waals surface area contributed by atoms with Crippen LogP contribution in [0.5, 0.6) is 0 Å². The molecule has 0 aliphatic heterocycles. The van der Waals surface area contributed by atoms with Gasteiger partial charge in [-0.25, -0.2) is 8.42 Å².